The Morgan fingerprint density at radius 1 is 1.17 bits per heavy atom. The van der Waals surface area contributed by atoms with Crippen molar-refractivity contribution in [2.45, 2.75) is 56.1 Å². The molecular weight excluding hydrogens is 327 g/mol. The number of ether oxygens (including phenoxy) is 3. The molecule has 1 saturated heterocycles. The van der Waals surface area contributed by atoms with Gasteiger partial charge in [0.15, 0.2) is 6.29 Å². The van der Waals surface area contributed by atoms with Crippen molar-refractivity contribution in [2.24, 2.45) is 0 Å². The van der Waals surface area contributed by atoms with Crippen LogP contribution < -0.4 is 34.7 Å². The fourth-order valence-corrected chi connectivity index (χ4v) is 2.19. The van der Waals surface area contributed by atoms with E-state index < -0.39 is 60.9 Å². The molecule has 5 N–H and O–H groups in total. The summed E-state index contributed by atoms with van der Waals surface area (Å²) in [6, 6.07) is 0. The maximum Gasteiger partial charge on any atom is 1.00 e. The normalized spacial score (nSPS) is 43.8. The van der Waals surface area contributed by atoms with Gasteiger partial charge in [-0.1, -0.05) is 0 Å². The molecule has 0 spiro atoms. The Hall–Kier alpha value is -0.270. The first-order valence-electron chi connectivity index (χ1n) is 6.53. The molecule has 2 aliphatic heterocycles. The van der Waals surface area contributed by atoms with Gasteiger partial charge in [0.2, 0.25) is 6.29 Å². The summed E-state index contributed by atoms with van der Waals surface area (Å²) in [5, 5.41) is 59.3. The molecule has 2 heterocycles. The second-order valence-corrected chi connectivity index (χ2v) is 5.10. The van der Waals surface area contributed by atoms with Crippen LogP contribution in [0.3, 0.4) is 0 Å². The summed E-state index contributed by atoms with van der Waals surface area (Å²) in [5.41, 5.74) is 0. The van der Waals surface area contributed by atoms with E-state index in [1.807, 2.05) is 0 Å². The molecule has 1 unspecified atom stereocenters. The van der Waals surface area contributed by atoms with E-state index in [0.29, 0.717) is 0 Å². The van der Waals surface area contributed by atoms with Crippen molar-refractivity contribution < 1.29 is 79.2 Å². The van der Waals surface area contributed by atoms with Gasteiger partial charge in [0.25, 0.3) is 0 Å². The van der Waals surface area contributed by atoms with Crippen LogP contribution in [0.1, 0.15) is 6.92 Å². The third kappa shape index (κ3) is 4.42. The monoisotopic (exact) mass is 344 g/mol. The molecule has 23 heavy (non-hydrogen) atoms. The van der Waals surface area contributed by atoms with Crippen LogP contribution in [0.2, 0.25) is 0 Å². The number of carboxylic acids is 1. The molecule has 0 aliphatic carbocycles. The van der Waals surface area contributed by atoms with Crippen molar-refractivity contribution in [2.75, 3.05) is 0 Å². The summed E-state index contributed by atoms with van der Waals surface area (Å²) in [7, 11) is 0. The molecule has 11 heteroatoms. The fourth-order valence-electron chi connectivity index (χ4n) is 2.19. The molecule has 0 aromatic carbocycles. The molecule has 0 radical (unpaired) electrons. The number of rotatable bonds is 3. The quantitative estimate of drug-likeness (QED) is 0.310. The molecule has 2 rings (SSSR count). The summed E-state index contributed by atoms with van der Waals surface area (Å²) in [6.45, 7) is 1.42. The van der Waals surface area contributed by atoms with Gasteiger partial charge in [-0.3, -0.25) is 0 Å². The van der Waals surface area contributed by atoms with Crippen molar-refractivity contribution >= 4 is 5.97 Å². The smallest absolute Gasteiger partial charge is 0.542 e. The molecular formula is C12H17NaO10. The molecule has 0 aromatic heterocycles. The number of carbonyl (C=O) groups excluding carboxylic acids is 1. The van der Waals surface area contributed by atoms with Gasteiger partial charge in [0.05, 0.1) is 6.10 Å². The maximum atomic E-state index is 10.8. The van der Waals surface area contributed by atoms with E-state index in [-0.39, 0.29) is 29.6 Å². The van der Waals surface area contributed by atoms with E-state index in [2.05, 4.69) is 0 Å². The van der Waals surface area contributed by atoms with Gasteiger partial charge in [-0.15, -0.1) is 0 Å². The summed E-state index contributed by atoms with van der Waals surface area (Å²) in [4.78, 5) is 10.8. The Morgan fingerprint density at radius 3 is 2.35 bits per heavy atom. The van der Waals surface area contributed by atoms with Gasteiger partial charge in [-0.25, -0.2) is 0 Å². The number of aliphatic carboxylic acids is 1. The maximum absolute atomic E-state index is 10.8. The number of aliphatic hydroxyl groups is 5. The Labute approximate surface area is 153 Å². The summed E-state index contributed by atoms with van der Waals surface area (Å²) >= 11 is 0. The van der Waals surface area contributed by atoms with E-state index in [0.717, 1.165) is 6.08 Å². The van der Waals surface area contributed by atoms with Gasteiger partial charge in [-0.05, 0) is 13.0 Å². The molecule has 0 aromatic rings. The first-order valence-corrected chi connectivity index (χ1v) is 6.53. The molecule has 2 aliphatic rings. The van der Waals surface area contributed by atoms with Gasteiger partial charge in [0.1, 0.15) is 42.2 Å². The first kappa shape index (κ1) is 20.8. The molecule has 126 valence electrons. The molecule has 10 nitrogen and oxygen atoms in total. The van der Waals surface area contributed by atoms with E-state index in [4.69, 9.17) is 14.2 Å². The zero-order valence-corrected chi connectivity index (χ0v) is 14.5. The average molecular weight is 344 g/mol. The minimum Gasteiger partial charge on any atom is -0.542 e. The molecule has 8 atom stereocenters. The van der Waals surface area contributed by atoms with E-state index in [1.54, 1.807) is 0 Å². The third-order valence-corrected chi connectivity index (χ3v) is 3.49. The average Bonchev–Trinajstić information content (AvgIpc) is 2.45. The van der Waals surface area contributed by atoms with Crippen LogP contribution in [-0.2, 0) is 19.0 Å². The van der Waals surface area contributed by atoms with Gasteiger partial charge in [-0.2, -0.15) is 0 Å². The molecule has 0 bridgehead atoms. The number of carbonyl (C=O) groups is 1. The van der Waals surface area contributed by atoms with Crippen LogP contribution in [0, 0.1) is 0 Å². The van der Waals surface area contributed by atoms with E-state index in [9.17, 15) is 35.4 Å². The SMILES string of the molecule is C[C@@H]1OC(O)[C@H](O[C@H]2OC(C(=O)[O-])=C[C@H](O)[C@H]2O)[C@H](O)[C@H]1O.[Na+]. The molecule has 0 saturated carbocycles. The van der Waals surface area contributed by atoms with Gasteiger partial charge < -0.3 is 49.6 Å². The first-order chi connectivity index (χ1) is 10.2. The zero-order valence-electron chi connectivity index (χ0n) is 12.5. The van der Waals surface area contributed by atoms with E-state index in [1.165, 1.54) is 6.92 Å². The number of carboxylic acid groups (broad SMARTS) is 1. The van der Waals surface area contributed by atoms with Crippen LogP contribution in [0.4, 0.5) is 0 Å². The van der Waals surface area contributed by atoms with Crippen LogP contribution in [-0.4, -0.2) is 80.7 Å². The van der Waals surface area contributed by atoms with Crippen LogP contribution in [0.25, 0.3) is 0 Å². The Morgan fingerprint density at radius 2 is 1.78 bits per heavy atom. The minimum absolute atomic E-state index is 0. The summed E-state index contributed by atoms with van der Waals surface area (Å²) in [5.74, 6) is -2.51. The summed E-state index contributed by atoms with van der Waals surface area (Å²) in [6.07, 6.45) is -11.3. The Balaban J connectivity index is 0.00000264. The molecule has 1 fully saturated rings. The minimum atomic E-state index is -1.74. The van der Waals surface area contributed by atoms with Crippen LogP contribution >= 0.6 is 0 Å². The largest absolute Gasteiger partial charge is 1.00 e. The van der Waals surface area contributed by atoms with Crippen molar-refractivity contribution in [3.8, 4) is 0 Å². The van der Waals surface area contributed by atoms with Crippen molar-refractivity contribution in [1.82, 2.24) is 0 Å². The van der Waals surface area contributed by atoms with Gasteiger partial charge >= 0.3 is 29.6 Å². The van der Waals surface area contributed by atoms with Crippen molar-refractivity contribution in [3.63, 3.8) is 0 Å². The molecule has 0 amide bonds. The second-order valence-electron chi connectivity index (χ2n) is 5.10. The number of hydrogen-bond donors (Lipinski definition) is 5. The fraction of sp³-hybridized carbons (Fsp3) is 0.750. The van der Waals surface area contributed by atoms with Gasteiger partial charge in [0, 0.05) is 0 Å². The topological polar surface area (TPSA) is 169 Å². The van der Waals surface area contributed by atoms with Crippen molar-refractivity contribution in [1.29, 1.82) is 0 Å². The van der Waals surface area contributed by atoms with Crippen LogP contribution in [0.15, 0.2) is 11.8 Å². The standard InChI is InChI=1S/C12H18O10.Na/c1-3-6(14)8(16)9(11(19)20-3)22-12-7(15)4(13)2-5(21-12)10(17)18;/h2-4,6-9,11-16,19H,1H3,(H,17,18);/q;+1/p-1/t3-,4-,6-,7+,8+,9+,11?,12+;/m0./s1. The number of aliphatic hydroxyl groups excluding tert-OH is 5. The Bertz CT molecular complexity index is 457. The predicted molar refractivity (Wildman–Crippen MR) is 63.4 cm³/mol. The zero-order chi connectivity index (χ0) is 16.6. The van der Waals surface area contributed by atoms with E-state index >= 15 is 0 Å². The van der Waals surface area contributed by atoms with Crippen molar-refractivity contribution in [3.05, 3.63) is 11.8 Å². The Kier molecular flexibility index (Phi) is 7.41. The number of hydrogen-bond acceptors (Lipinski definition) is 10. The summed E-state index contributed by atoms with van der Waals surface area (Å²) < 4.78 is 14.8. The third-order valence-electron chi connectivity index (χ3n) is 3.49. The van der Waals surface area contributed by atoms with Crippen LogP contribution in [0.5, 0.6) is 0 Å². The second kappa shape index (κ2) is 8.21. The predicted octanol–water partition coefficient (Wildman–Crippen LogP) is -7.45.